The van der Waals surface area contributed by atoms with E-state index < -0.39 is 0 Å². The zero-order valence-electron chi connectivity index (χ0n) is 10.4. The number of unbranched alkanes of at least 4 members (excludes halogenated alkanes) is 1. The fourth-order valence-corrected chi connectivity index (χ4v) is 4.35. The van der Waals surface area contributed by atoms with Gasteiger partial charge in [-0.2, -0.15) is 11.8 Å². The number of fused-ring (bicyclic) bond motifs is 1. The van der Waals surface area contributed by atoms with Gasteiger partial charge in [0.15, 0.2) is 0 Å². The molecule has 0 radical (unpaired) electrons. The molecule has 2 fully saturated rings. The highest BCUT2D eigenvalue weighted by atomic mass is 32.2. The largest absolute Gasteiger partial charge is 0.332 e. The summed E-state index contributed by atoms with van der Waals surface area (Å²) in [5.41, 5.74) is -0.0764. The molecule has 0 spiro atoms. The van der Waals surface area contributed by atoms with Gasteiger partial charge in [-0.15, -0.1) is 0 Å². The van der Waals surface area contributed by atoms with Gasteiger partial charge >= 0.3 is 6.03 Å². The maximum absolute atomic E-state index is 11.4. The SMILES string of the molecule is CC(=O)CCCCC1SC[C@]2(C)NC(=O)N[C@H]12. The number of hydrogen-bond acceptors (Lipinski definition) is 3. The summed E-state index contributed by atoms with van der Waals surface area (Å²) in [6.45, 7) is 3.75. The average molecular weight is 256 g/mol. The molecule has 3 atom stereocenters. The van der Waals surface area contributed by atoms with Crippen molar-refractivity contribution in [3.8, 4) is 0 Å². The van der Waals surface area contributed by atoms with Crippen LogP contribution in [0.2, 0.25) is 0 Å². The maximum atomic E-state index is 11.4. The third-order valence-electron chi connectivity index (χ3n) is 3.61. The van der Waals surface area contributed by atoms with Crippen LogP contribution in [0.25, 0.3) is 0 Å². The van der Waals surface area contributed by atoms with E-state index in [1.807, 2.05) is 11.8 Å². The number of thioether (sulfide) groups is 1. The molecule has 2 saturated heterocycles. The number of Topliss-reactive ketones (excluding diaryl/α,β-unsaturated/α-hetero) is 1. The Morgan fingerprint density at radius 3 is 3.00 bits per heavy atom. The van der Waals surface area contributed by atoms with E-state index in [4.69, 9.17) is 0 Å². The van der Waals surface area contributed by atoms with Gasteiger partial charge in [-0.1, -0.05) is 6.42 Å². The summed E-state index contributed by atoms with van der Waals surface area (Å²) in [5, 5.41) is 6.52. The first-order valence-corrected chi connectivity index (χ1v) is 7.26. The summed E-state index contributed by atoms with van der Waals surface area (Å²) >= 11 is 1.93. The lowest BCUT2D eigenvalue weighted by Crippen LogP contribution is -2.47. The maximum Gasteiger partial charge on any atom is 0.315 e. The van der Waals surface area contributed by atoms with Gasteiger partial charge in [0.1, 0.15) is 5.78 Å². The second kappa shape index (κ2) is 4.88. The Hall–Kier alpha value is -0.710. The van der Waals surface area contributed by atoms with E-state index in [0.29, 0.717) is 11.7 Å². The number of urea groups is 1. The quantitative estimate of drug-likeness (QED) is 0.581. The van der Waals surface area contributed by atoms with Crippen LogP contribution >= 0.6 is 11.8 Å². The predicted molar refractivity (Wildman–Crippen MR) is 69.3 cm³/mol. The predicted octanol–water partition coefficient (Wildman–Crippen LogP) is 1.69. The number of carbonyl (C=O) groups excluding carboxylic acids is 2. The molecular weight excluding hydrogens is 236 g/mol. The molecule has 2 heterocycles. The van der Waals surface area contributed by atoms with E-state index in [9.17, 15) is 9.59 Å². The van der Waals surface area contributed by atoms with Gasteiger partial charge in [0.2, 0.25) is 0 Å². The van der Waals surface area contributed by atoms with Gasteiger partial charge in [-0.3, -0.25) is 0 Å². The average Bonchev–Trinajstić information content (AvgIpc) is 2.66. The Kier molecular flexibility index (Phi) is 3.66. The lowest BCUT2D eigenvalue weighted by molar-refractivity contribution is -0.117. The summed E-state index contributed by atoms with van der Waals surface area (Å²) in [5.74, 6) is 1.25. The first-order valence-electron chi connectivity index (χ1n) is 6.21. The molecule has 0 aromatic carbocycles. The second-order valence-electron chi connectivity index (χ2n) is 5.29. The standard InChI is InChI=1S/C12H20N2O2S/c1-8(15)5-3-4-6-9-10-12(2,7-17-9)14-11(16)13-10/h9-10H,3-7H2,1-2H3,(H2,13,14,16)/t9?,10-,12+/m1/s1. The molecular formula is C12H20N2O2S. The Morgan fingerprint density at radius 2 is 2.29 bits per heavy atom. The molecule has 0 saturated carbocycles. The van der Waals surface area contributed by atoms with Gasteiger partial charge in [0.05, 0.1) is 11.6 Å². The van der Waals surface area contributed by atoms with Crippen molar-refractivity contribution in [3.63, 3.8) is 0 Å². The molecule has 2 amide bonds. The lowest BCUT2D eigenvalue weighted by Gasteiger charge is -2.23. The molecule has 0 bridgehead atoms. The van der Waals surface area contributed by atoms with E-state index in [1.165, 1.54) is 0 Å². The van der Waals surface area contributed by atoms with Gasteiger partial charge in [-0.25, -0.2) is 4.79 Å². The minimum atomic E-state index is -0.0764. The summed E-state index contributed by atoms with van der Waals surface area (Å²) in [6, 6.07) is 0.212. The van der Waals surface area contributed by atoms with Crippen LogP contribution in [0.3, 0.4) is 0 Å². The van der Waals surface area contributed by atoms with Gasteiger partial charge in [0.25, 0.3) is 0 Å². The van der Waals surface area contributed by atoms with Crippen LogP contribution in [0.1, 0.15) is 39.5 Å². The second-order valence-corrected chi connectivity index (χ2v) is 6.52. The molecule has 5 heteroatoms. The van der Waals surface area contributed by atoms with Crippen molar-refractivity contribution in [2.24, 2.45) is 0 Å². The molecule has 2 aliphatic rings. The highest BCUT2D eigenvalue weighted by Gasteiger charge is 2.51. The minimum Gasteiger partial charge on any atom is -0.332 e. The number of hydrogen-bond donors (Lipinski definition) is 2. The Morgan fingerprint density at radius 1 is 1.53 bits per heavy atom. The Balaban J connectivity index is 1.79. The van der Waals surface area contributed by atoms with E-state index in [0.717, 1.165) is 25.0 Å². The van der Waals surface area contributed by atoms with Gasteiger partial charge in [0, 0.05) is 17.4 Å². The van der Waals surface area contributed by atoms with Crippen molar-refractivity contribution >= 4 is 23.6 Å². The monoisotopic (exact) mass is 256 g/mol. The van der Waals surface area contributed by atoms with Crippen LogP contribution in [0.15, 0.2) is 0 Å². The van der Waals surface area contributed by atoms with E-state index in [1.54, 1.807) is 6.92 Å². The zero-order valence-corrected chi connectivity index (χ0v) is 11.2. The molecule has 17 heavy (non-hydrogen) atoms. The normalized spacial score (nSPS) is 35.3. The topological polar surface area (TPSA) is 58.2 Å². The van der Waals surface area contributed by atoms with Crippen molar-refractivity contribution in [2.75, 3.05) is 5.75 Å². The summed E-state index contributed by atoms with van der Waals surface area (Å²) < 4.78 is 0. The highest BCUT2D eigenvalue weighted by molar-refractivity contribution is 8.00. The molecule has 2 rings (SSSR count). The number of ketones is 1. The van der Waals surface area contributed by atoms with Crippen LogP contribution in [-0.2, 0) is 4.79 Å². The summed E-state index contributed by atoms with van der Waals surface area (Å²) in [7, 11) is 0. The summed E-state index contributed by atoms with van der Waals surface area (Å²) in [4.78, 5) is 22.2. The van der Waals surface area contributed by atoms with Crippen LogP contribution in [0.4, 0.5) is 4.79 Å². The molecule has 4 nitrogen and oxygen atoms in total. The van der Waals surface area contributed by atoms with Gasteiger partial charge < -0.3 is 15.4 Å². The molecule has 2 N–H and O–H groups in total. The zero-order chi connectivity index (χ0) is 12.5. The van der Waals surface area contributed by atoms with Crippen LogP contribution in [0.5, 0.6) is 0 Å². The molecule has 0 aliphatic carbocycles. The highest BCUT2D eigenvalue weighted by Crippen LogP contribution is 2.39. The van der Waals surface area contributed by atoms with Crippen LogP contribution < -0.4 is 10.6 Å². The number of nitrogens with one attached hydrogen (secondary N) is 2. The van der Waals surface area contributed by atoms with E-state index in [2.05, 4.69) is 17.6 Å². The Bertz CT molecular complexity index is 334. The first kappa shape index (κ1) is 12.7. The fourth-order valence-electron chi connectivity index (χ4n) is 2.65. The van der Waals surface area contributed by atoms with E-state index in [-0.39, 0.29) is 23.4 Å². The van der Waals surface area contributed by atoms with Crippen molar-refractivity contribution in [1.82, 2.24) is 10.6 Å². The van der Waals surface area contributed by atoms with E-state index >= 15 is 0 Å². The minimum absolute atomic E-state index is 0.0356. The van der Waals surface area contributed by atoms with Crippen LogP contribution in [0, 0.1) is 0 Å². The van der Waals surface area contributed by atoms with Crippen LogP contribution in [-0.4, -0.2) is 34.4 Å². The molecule has 96 valence electrons. The first-order chi connectivity index (χ1) is 8.01. The third kappa shape index (κ3) is 2.76. The van der Waals surface area contributed by atoms with Crippen molar-refractivity contribution < 1.29 is 9.59 Å². The number of rotatable bonds is 5. The molecule has 0 aromatic heterocycles. The van der Waals surface area contributed by atoms with Crippen molar-refractivity contribution in [2.45, 2.75) is 56.4 Å². The van der Waals surface area contributed by atoms with Gasteiger partial charge in [-0.05, 0) is 26.7 Å². The molecule has 1 unspecified atom stereocenters. The molecule has 0 aromatic rings. The number of carbonyl (C=O) groups is 2. The number of amides is 2. The lowest BCUT2D eigenvalue weighted by atomic mass is 9.92. The van der Waals surface area contributed by atoms with Crippen molar-refractivity contribution in [1.29, 1.82) is 0 Å². The smallest absolute Gasteiger partial charge is 0.315 e. The summed E-state index contributed by atoms with van der Waals surface area (Å²) in [6.07, 6.45) is 3.81. The Labute approximate surface area is 106 Å². The fraction of sp³-hybridized carbons (Fsp3) is 0.833. The third-order valence-corrected chi connectivity index (χ3v) is 5.31. The molecule has 2 aliphatic heterocycles. The van der Waals surface area contributed by atoms with Crippen molar-refractivity contribution in [3.05, 3.63) is 0 Å².